The largest absolute Gasteiger partial charge is 0.302 e. The first-order valence-corrected chi connectivity index (χ1v) is 8.07. The van der Waals surface area contributed by atoms with E-state index < -0.39 is 0 Å². The van der Waals surface area contributed by atoms with Crippen molar-refractivity contribution in [2.45, 2.75) is 55.6 Å². The minimum Gasteiger partial charge on any atom is -0.302 e. The van der Waals surface area contributed by atoms with Gasteiger partial charge in [0.25, 0.3) is 0 Å². The van der Waals surface area contributed by atoms with Crippen LogP contribution in [0.1, 0.15) is 45.4 Å². The molecule has 4 saturated carbocycles. The summed E-state index contributed by atoms with van der Waals surface area (Å²) in [5.41, 5.74) is 0. The molecule has 1 saturated heterocycles. The summed E-state index contributed by atoms with van der Waals surface area (Å²) >= 11 is 2.31. The summed E-state index contributed by atoms with van der Waals surface area (Å²) in [5, 5.41) is 4.86. The van der Waals surface area contributed by atoms with Gasteiger partial charge in [-0.1, -0.05) is 6.92 Å². The second-order valence-electron chi connectivity index (χ2n) is 6.74. The topological polar surface area (TPSA) is 12.0 Å². The molecule has 16 heavy (non-hydrogen) atoms. The average Bonchev–Trinajstić information content (AvgIpc) is 2.25. The third-order valence-electron chi connectivity index (χ3n) is 5.70. The quantitative estimate of drug-likeness (QED) is 0.694. The molecular formula is C14H23NS. The summed E-state index contributed by atoms with van der Waals surface area (Å²) < 4.78 is 0. The van der Waals surface area contributed by atoms with Gasteiger partial charge in [0, 0.05) is 5.25 Å². The summed E-state index contributed by atoms with van der Waals surface area (Å²) in [6.07, 6.45) is 9.11. The molecule has 1 N–H and O–H groups in total. The maximum atomic E-state index is 3.97. The van der Waals surface area contributed by atoms with Crippen LogP contribution >= 0.6 is 11.8 Å². The van der Waals surface area contributed by atoms with Gasteiger partial charge in [0.15, 0.2) is 0 Å². The second kappa shape index (κ2) is 3.41. The Bertz CT molecular complexity index is 273. The fourth-order valence-electron chi connectivity index (χ4n) is 5.27. The Morgan fingerprint density at radius 2 is 1.62 bits per heavy atom. The van der Waals surface area contributed by atoms with E-state index in [0.29, 0.717) is 4.87 Å². The SMILES string of the molecule is CC1CCNC2(S1)C1CC3CC(C1)CC2C3. The van der Waals surface area contributed by atoms with Crippen LogP contribution in [0.25, 0.3) is 0 Å². The van der Waals surface area contributed by atoms with Crippen LogP contribution in [0.4, 0.5) is 0 Å². The Morgan fingerprint density at radius 3 is 2.19 bits per heavy atom. The van der Waals surface area contributed by atoms with Gasteiger partial charge in [0.05, 0.1) is 4.87 Å². The van der Waals surface area contributed by atoms with E-state index in [1.54, 1.807) is 32.1 Å². The smallest absolute Gasteiger partial charge is 0.0705 e. The molecule has 5 fully saturated rings. The molecule has 0 aromatic rings. The summed E-state index contributed by atoms with van der Waals surface area (Å²) in [6, 6.07) is 0. The van der Waals surface area contributed by atoms with Gasteiger partial charge in [-0.15, -0.1) is 11.8 Å². The maximum absolute atomic E-state index is 3.97. The minimum absolute atomic E-state index is 0.519. The molecule has 5 aliphatic rings. The first-order valence-electron chi connectivity index (χ1n) is 7.19. The molecule has 0 aromatic carbocycles. The molecule has 5 rings (SSSR count). The third kappa shape index (κ3) is 1.29. The fraction of sp³-hybridized carbons (Fsp3) is 1.00. The van der Waals surface area contributed by atoms with Gasteiger partial charge in [-0.05, 0) is 68.7 Å². The lowest BCUT2D eigenvalue weighted by Gasteiger charge is -2.63. The summed E-state index contributed by atoms with van der Waals surface area (Å²) in [7, 11) is 0. The molecule has 1 nitrogen and oxygen atoms in total. The maximum Gasteiger partial charge on any atom is 0.0705 e. The zero-order chi connectivity index (χ0) is 10.8. The first-order chi connectivity index (χ1) is 7.76. The summed E-state index contributed by atoms with van der Waals surface area (Å²) in [6.45, 7) is 3.72. The van der Waals surface area contributed by atoms with Crippen LogP contribution in [0.3, 0.4) is 0 Å². The highest BCUT2D eigenvalue weighted by atomic mass is 32.2. The Kier molecular flexibility index (Phi) is 2.19. The van der Waals surface area contributed by atoms with E-state index in [1.165, 1.54) is 13.0 Å². The van der Waals surface area contributed by atoms with E-state index in [-0.39, 0.29) is 0 Å². The molecule has 1 unspecified atom stereocenters. The number of rotatable bonds is 0. The monoisotopic (exact) mass is 237 g/mol. The normalized spacial score (nSPS) is 59.4. The van der Waals surface area contributed by atoms with Crippen LogP contribution in [0, 0.1) is 23.7 Å². The average molecular weight is 237 g/mol. The van der Waals surface area contributed by atoms with Crippen LogP contribution in [-0.4, -0.2) is 16.7 Å². The molecule has 1 aliphatic heterocycles. The summed E-state index contributed by atoms with van der Waals surface area (Å²) in [4.78, 5) is 0.519. The molecule has 1 spiro atoms. The van der Waals surface area contributed by atoms with Crippen LogP contribution < -0.4 is 5.32 Å². The Hall–Kier alpha value is 0.310. The van der Waals surface area contributed by atoms with Crippen molar-refractivity contribution in [3.05, 3.63) is 0 Å². The highest BCUT2D eigenvalue weighted by Gasteiger charge is 2.58. The van der Waals surface area contributed by atoms with Crippen molar-refractivity contribution in [1.29, 1.82) is 0 Å². The minimum atomic E-state index is 0.519. The number of nitrogens with one attached hydrogen (secondary N) is 1. The predicted octanol–water partition coefficient (Wildman–Crippen LogP) is 3.25. The molecule has 1 atom stereocenters. The number of hydrogen-bond donors (Lipinski definition) is 1. The fourth-order valence-corrected chi connectivity index (χ4v) is 7.13. The van der Waals surface area contributed by atoms with Crippen molar-refractivity contribution in [3.63, 3.8) is 0 Å². The molecule has 90 valence electrons. The van der Waals surface area contributed by atoms with Crippen LogP contribution in [0.5, 0.6) is 0 Å². The van der Waals surface area contributed by atoms with E-state index in [2.05, 4.69) is 24.0 Å². The Labute approximate surface area is 103 Å². The first kappa shape index (κ1) is 10.3. The molecule has 4 aliphatic carbocycles. The lowest BCUT2D eigenvalue weighted by Crippen LogP contribution is -2.65. The molecule has 0 radical (unpaired) electrons. The van der Waals surface area contributed by atoms with E-state index in [4.69, 9.17) is 0 Å². The van der Waals surface area contributed by atoms with Gasteiger partial charge in [0.2, 0.25) is 0 Å². The number of hydrogen-bond acceptors (Lipinski definition) is 2. The van der Waals surface area contributed by atoms with Crippen molar-refractivity contribution in [1.82, 2.24) is 5.32 Å². The van der Waals surface area contributed by atoms with E-state index in [1.807, 2.05) is 0 Å². The molecule has 1 heterocycles. The molecule has 0 amide bonds. The lowest BCUT2D eigenvalue weighted by molar-refractivity contribution is -0.0315. The van der Waals surface area contributed by atoms with Gasteiger partial charge < -0.3 is 5.32 Å². The van der Waals surface area contributed by atoms with Crippen LogP contribution in [0.15, 0.2) is 0 Å². The highest BCUT2D eigenvalue weighted by molar-refractivity contribution is 8.01. The van der Waals surface area contributed by atoms with Crippen LogP contribution in [-0.2, 0) is 0 Å². The zero-order valence-corrected chi connectivity index (χ0v) is 11.1. The van der Waals surface area contributed by atoms with Crippen molar-refractivity contribution >= 4 is 11.8 Å². The van der Waals surface area contributed by atoms with Gasteiger partial charge in [0.1, 0.15) is 0 Å². The highest BCUT2D eigenvalue weighted by Crippen LogP contribution is 2.63. The van der Waals surface area contributed by atoms with Crippen molar-refractivity contribution < 1.29 is 0 Å². The second-order valence-corrected chi connectivity index (χ2v) is 8.46. The Morgan fingerprint density at radius 1 is 1.00 bits per heavy atom. The number of thioether (sulfide) groups is 1. The van der Waals surface area contributed by atoms with Crippen molar-refractivity contribution in [3.8, 4) is 0 Å². The van der Waals surface area contributed by atoms with Crippen molar-refractivity contribution in [2.24, 2.45) is 23.7 Å². The molecular weight excluding hydrogens is 214 g/mol. The van der Waals surface area contributed by atoms with E-state index >= 15 is 0 Å². The van der Waals surface area contributed by atoms with Crippen LogP contribution in [0.2, 0.25) is 0 Å². The lowest BCUT2D eigenvalue weighted by atomic mass is 9.53. The molecule has 2 heteroatoms. The zero-order valence-electron chi connectivity index (χ0n) is 10.2. The molecule has 0 aromatic heterocycles. The third-order valence-corrected chi connectivity index (χ3v) is 7.54. The van der Waals surface area contributed by atoms with E-state index in [0.717, 1.165) is 28.9 Å². The van der Waals surface area contributed by atoms with Gasteiger partial charge in [-0.2, -0.15) is 0 Å². The predicted molar refractivity (Wildman–Crippen MR) is 69.4 cm³/mol. The van der Waals surface area contributed by atoms with E-state index in [9.17, 15) is 0 Å². The van der Waals surface area contributed by atoms with Gasteiger partial charge in [-0.3, -0.25) is 0 Å². The molecule has 4 bridgehead atoms. The summed E-state index contributed by atoms with van der Waals surface area (Å²) in [5.74, 6) is 4.23. The van der Waals surface area contributed by atoms with Gasteiger partial charge in [-0.25, -0.2) is 0 Å². The van der Waals surface area contributed by atoms with Crippen molar-refractivity contribution in [2.75, 3.05) is 6.54 Å². The standard InChI is InChI=1S/C14H23NS/c1-9-2-3-15-14(16-9)12-5-10-4-11(7-12)8-13(14)6-10/h9-13,15H,2-8H2,1H3. The Balaban J connectivity index is 1.67. The van der Waals surface area contributed by atoms with Gasteiger partial charge >= 0.3 is 0 Å².